The van der Waals surface area contributed by atoms with Crippen LogP contribution in [0, 0.1) is 0 Å². The van der Waals surface area contributed by atoms with Gasteiger partial charge < -0.3 is 10.6 Å². The van der Waals surface area contributed by atoms with E-state index in [1.807, 2.05) is 67.0 Å². The number of pyridine rings is 1. The molecular formula is C23H21N5O. The standard InChI is InChI=1S/C23H21N5O/c29-23(27-21-9-5-4-8-19(21)15-6-2-1-3-7-15)26-17-10-11-18-16(12-17)13-24-22-20(18)14-25-28-22/h1-9,13-14,17H,10-12H2,(H,24,25,28)(H2,26,27,29). The third-order valence-corrected chi connectivity index (χ3v) is 5.49. The number of hydrogen-bond acceptors (Lipinski definition) is 3. The van der Waals surface area contributed by atoms with Crippen molar-refractivity contribution in [2.75, 3.05) is 5.32 Å². The van der Waals surface area contributed by atoms with E-state index in [-0.39, 0.29) is 12.1 Å². The van der Waals surface area contributed by atoms with Gasteiger partial charge in [-0.3, -0.25) is 5.10 Å². The molecule has 3 N–H and O–H groups in total. The smallest absolute Gasteiger partial charge is 0.319 e. The Bertz CT molecular complexity index is 1170. The van der Waals surface area contributed by atoms with Gasteiger partial charge in [0.15, 0.2) is 5.65 Å². The van der Waals surface area contributed by atoms with Crippen molar-refractivity contribution in [3.63, 3.8) is 0 Å². The Labute approximate surface area is 168 Å². The molecule has 2 aromatic carbocycles. The molecule has 6 heteroatoms. The zero-order chi connectivity index (χ0) is 19.6. The molecule has 0 spiro atoms. The number of nitrogens with one attached hydrogen (secondary N) is 3. The molecule has 1 unspecified atom stereocenters. The van der Waals surface area contributed by atoms with Gasteiger partial charge in [0.05, 0.1) is 11.9 Å². The summed E-state index contributed by atoms with van der Waals surface area (Å²) in [6.07, 6.45) is 6.30. The molecule has 0 saturated heterocycles. The maximum absolute atomic E-state index is 12.7. The lowest BCUT2D eigenvalue weighted by molar-refractivity contribution is 0.247. The fourth-order valence-electron chi connectivity index (χ4n) is 4.08. The van der Waals surface area contributed by atoms with Crippen LogP contribution in [0.15, 0.2) is 67.0 Å². The van der Waals surface area contributed by atoms with E-state index in [4.69, 9.17) is 0 Å². The van der Waals surface area contributed by atoms with Crippen LogP contribution in [0.5, 0.6) is 0 Å². The summed E-state index contributed by atoms with van der Waals surface area (Å²) in [7, 11) is 0. The summed E-state index contributed by atoms with van der Waals surface area (Å²) < 4.78 is 0. The highest BCUT2D eigenvalue weighted by molar-refractivity contribution is 5.94. The minimum absolute atomic E-state index is 0.0811. The monoisotopic (exact) mass is 383 g/mol. The Morgan fingerprint density at radius 3 is 2.76 bits per heavy atom. The Morgan fingerprint density at radius 2 is 1.86 bits per heavy atom. The molecule has 1 aliphatic carbocycles. The van der Waals surface area contributed by atoms with Gasteiger partial charge in [0.1, 0.15) is 0 Å². The maximum atomic E-state index is 12.7. The van der Waals surface area contributed by atoms with Gasteiger partial charge in [0.2, 0.25) is 0 Å². The van der Waals surface area contributed by atoms with Crippen LogP contribution in [-0.2, 0) is 12.8 Å². The number of para-hydroxylation sites is 1. The van der Waals surface area contributed by atoms with E-state index < -0.39 is 0 Å². The number of benzene rings is 2. The second-order valence-electron chi connectivity index (χ2n) is 7.34. The van der Waals surface area contributed by atoms with Crippen molar-refractivity contribution in [2.45, 2.75) is 25.3 Å². The molecule has 6 nitrogen and oxygen atoms in total. The van der Waals surface area contributed by atoms with Crippen molar-refractivity contribution in [1.29, 1.82) is 0 Å². The number of H-pyrrole nitrogens is 1. The van der Waals surface area contributed by atoms with E-state index in [0.717, 1.165) is 47.1 Å². The van der Waals surface area contributed by atoms with E-state index in [9.17, 15) is 4.79 Å². The minimum atomic E-state index is -0.181. The normalized spacial score (nSPS) is 15.7. The molecule has 2 heterocycles. The highest BCUT2D eigenvalue weighted by atomic mass is 16.2. The zero-order valence-electron chi connectivity index (χ0n) is 15.9. The molecule has 2 amide bonds. The van der Waals surface area contributed by atoms with Crippen LogP contribution in [0.3, 0.4) is 0 Å². The molecule has 1 atom stereocenters. The third kappa shape index (κ3) is 3.45. The molecule has 0 aliphatic heterocycles. The number of anilines is 1. The second-order valence-corrected chi connectivity index (χ2v) is 7.34. The van der Waals surface area contributed by atoms with E-state index in [1.165, 1.54) is 11.1 Å². The molecule has 5 rings (SSSR count). The van der Waals surface area contributed by atoms with Crippen molar-refractivity contribution in [2.24, 2.45) is 0 Å². The molecular weight excluding hydrogens is 362 g/mol. The first-order valence-corrected chi connectivity index (χ1v) is 9.80. The molecule has 4 aromatic rings. The van der Waals surface area contributed by atoms with Crippen molar-refractivity contribution in [1.82, 2.24) is 20.5 Å². The van der Waals surface area contributed by atoms with Crippen molar-refractivity contribution in [3.05, 3.63) is 78.1 Å². The number of aromatic amines is 1. The Balaban J connectivity index is 1.30. The van der Waals surface area contributed by atoms with Crippen LogP contribution in [0.4, 0.5) is 10.5 Å². The molecule has 1 aliphatic rings. The Hall–Kier alpha value is -3.67. The SMILES string of the molecule is O=C(Nc1ccccc1-c1ccccc1)NC1CCc2c(cnc3[nH]ncc23)C1. The molecule has 0 saturated carbocycles. The number of nitrogens with zero attached hydrogens (tertiary/aromatic N) is 2. The minimum Gasteiger partial charge on any atom is -0.335 e. The average Bonchev–Trinajstić information content (AvgIpc) is 3.24. The van der Waals surface area contributed by atoms with Gasteiger partial charge in [-0.15, -0.1) is 0 Å². The fraction of sp³-hybridized carbons (Fsp3) is 0.174. The predicted octanol–water partition coefficient (Wildman–Crippen LogP) is 4.30. The second kappa shape index (κ2) is 7.39. The van der Waals surface area contributed by atoms with Crippen molar-refractivity contribution in [3.8, 4) is 11.1 Å². The lowest BCUT2D eigenvalue weighted by atomic mass is 9.88. The predicted molar refractivity (Wildman–Crippen MR) is 114 cm³/mol. The van der Waals surface area contributed by atoms with Gasteiger partial charge in [-0.1, -0.05) is 48.5 Å². The van der Waals surface area contributed by atoms with Crippen LogP contribution >= 0.6 is 0 Å². The first-order valence-electron chi connectivity index (χ1n) is 9.80. The topological polar surface area (TPSA) is 82.7 Å². The van der Waals surface area contributed by atoms with Gasteiger partial charge in [-0.2, -0.15) is 5.10 Å². The summed E-state index contributed by atoms with van der Waals surface area (Å²) in [6.45, 7) is 0. The Morgan fingerprint density at radius 1 is 1.03 bits per heavy atom. The van der Waals surface area contributed by atoms with Crippen LogP contribution < -0.4 is 10.6 Å². The fourth-order valence-corrected chi connectivity index (χ4v) is 4.08. The quantitative estimate of drug-likeness (QED) is 0.493. The number of aryl methyl sites for hydroxylation is 1. The summed E-state index contributed by atoms with van der Waals surface area (Å²) in [5.41, 5.74) is 6.17. The first kappa shape index (κ1) is 17.4. The Kier molecular flexibility index (Phi) is 4.44. The largest absolute Gasteiger partial charge is 0.335 e. The van der Waals surface area contributed by atoms with Crippen LogP contribution in [-0.4, -0.2) is 27.3 Å². The molecule has 0 bridgehead atoms. The number of urea groups is 1. The molecule has 2 aromatic heterocycles. The van der Waals surface area contributed by atoms with Crippen LogP contribution in [0.2, 0.25) is 0 Å². The summed E-state index contributed by atoms with van der Waals surface area (Å²) in [4.78, 5) is 17.1. The number of rotatable bonds is 3. The van der Waals surface area contributed by atoms with Crippen molar-refractivity contribution < 1.29 is 4.79 Å². The number of fused-ring (bicyclic) bond motifs is 3. The molecule has 0 fully saturated rings. The van der Waals surface area contributed by atoms with E-state index >= 15 is 0 Å². The molecule has 29 heavy (non-hydrogen) atoms. The summed E-state index contributed by atoms with van der Waals surface area (Å²) in [5.74, 6) is 0. The van der Waals surface area contributed by atoms with Gasteiger partial charge in [-0.05, 0) is 42.0 Å². The number of amides is 2. The first-order chi connectivity index (χ1) is 14.3. The molecule has 0 radical (unpaired) electrons. The highest BCUT2D eigenvalue weighted by Crippen LogP contribution is 2.29. The van der Waals surface area contributed by atoms with Gasteiger partial charge in [0, 0.05) is 23.2 Å². The zero-order valence-corrected chi connectivity index (χ0v) is 15.9. The lowest BCUT2D eigenvalue weighted by Gasteiger charge is -2.26. The summed E-state index contributed by atoms with van der Waals surface area (Å²) in [6, 6.07) is 17.8. The lowest BCUT2D eigenvalue weighted by Crippen LogP contribution is -2.41. The van der Waals surface area contributed by atoms with E-state index in [2.05, 4.69) is 25.8 Å². The average molecular weight is 383 g/mol. The summed E-state index contributed by atoms with van der Waals surface area (Å²) >= 11 is 0. The van der Waals surface area contributed by atoms with E-state index in [0.29, 0.717) is 0 Å². The third-order valence-electron chi connectivity index (χ3n) is 5.49. The van der Waals surface area contributed by atoms with Gasteiger partial charge in [0.25, 0.3) is 0 Å². The van der Waals surface area contributed by atoms with E-state index in [1.54, 1.807) is 0 Å². The summed E-state index contributed by atoms with van der Waals surface area (Å²) in [5, 5.41) is 14.2. The van der Waals surface area contributed by atoms with Gasteiger partial charge >= 0.3 is 6.03 Å². The highest BCUT2D eigenvalue weighted by Gasteiger charge is 2.23. The maximum Gasteiger partial charge on any atom is 0.319 e. The van der Waals surface area contributed by atoms with Gasteiger partial charge in [-0.25, -0.2) is 9.78 Å². The van der Waals surface area contributed by atoms with Crippen molar-refractivity contribution >= 4 is 22.8 Å². The number of hydrogen-bond donors (Lipinski definition) is 3. The number of carbonyl (C=O) groups excluding carboxylic acids is 1. The van der Waals surface area contributed by atoms with Crippen LogP contribution in [0.25, 0.3) is 22.2 Å². The van der Waals surface area contributed by atoms with Crippen LogP contribution in [0.1, 0.15) is 17.5 Å². The number of carbonyl (C=O) groups is 1. The molecule has 144 valence electrons. The number of aromatic nitrogens is 3.